The highest BCUT2D eigenvalue weighted by Crippen LogP contribution is 2.48. The van der Waals surface area contributed by atoms with Gasteiger partial charge in [0.05, 0.1) is 5.56 Å². The summed E-state index contributed by atoms with van der Waals surface area (Å²) in [5.41, 5.74) is 6.15. The molecule has 0 saturated heterocycles. The van der Waals surface area contributed by atoms with Crippen LogP contribution in [0.15, 0.2) is 72.8 Å². The number of anilines is 2. The molecular formula is C29H29N3O2. The van der Waals surface area contributed by atoms with Crippen LogP contribution in [0.5, 0.6) is 0 Å². The quantitative estimate of drug-likeness (QED) is 0.561. The second-order valence-electron chi connectivity index (χ2n) is 9.77. The molecule has 2 atom stereocenters. The molecule has 2 fully saturated rings. The third kappa shape index (κ3) is 4.30. The third-order valence-corrected chi connectivity index (χ3v) is 7.25. The van der Waals surface area contributed by atoms with Gasteiger partial charge in [-0.15, -0.1) is 0 Å². The van der Waals surface area contributed by atoms with Gasteiger partial charge in [0.1, 0.15) is 0 Å². The van der Waals surface area contributed by atoms with Crippen LogP contribution in [0.3, 0.4) is 0 Å². The van der Waals surface area contributed by atoms with Gasteiger partial charge in [0, 0.05) is 36.4 Å². The fraction of sp³-hybridized carbons (Fsp3) is 0.310. The van der Waals surface area contributed by atoms with E-state index in [9.17, 15) is 9.59 Å². The Balaban J connectivity index is 1.22. The van der Waals surface area contributed by atoms with Crippen molar-refractivity contribution in [2.45, 2.75) is 44.2 Å². The fourth-order valence-corrected chi connectivity index (χ4v) is 5.05. The number of carbonyl (C=O) groups is 2. The highest BCUT2D eigenvalue weighted by molar-refractivity contribution is 6.03. The SMILES string of the molecule is O=C(NC1CC1)c1cc(NC(=O)C2CC2c2ccccc2)ccc1N1CCc2ccccc2C1. The summed E-state index contributed by atoms with van der Waals surface area (Å²) < 4.78 is 0. The number of hydrogen-bond donors (Lipinski definition) is 2. The van der Waals surface area contributed by atoms with E-state index in [2.05, 4.69) is 51.9 Å². The zero-order chi connectivity index (χ0) is 23.1. The summed E-state index contributed by atoms with van der Waals surface area (Å²) in [6.07, 6.45) is 3.91. The van der Waals surface area contributed by atoms with Crippen LogP contribution in [0.4, 0.5) is 11.4 Å². The zero-order valence-electron chi connectivity index (χ0n) is 19.2. The molecule has 6 rings (SSSR count). The number of benzene rings is 3. The first-order valence-corrected chi connectivity index (χ1v) is 12.3. The summed E-state index contributed by atoms with van der Waals surface area (Å²) in [4.78, 5) is 28.4. The fourth-order valence-electron chi connectivity index (χ4n) is 5.05. The van der Waals surface area contributed by atoms with Crippen LogP contribution in [0.1, 0.15) is 52.2 Å². The van der Waals surface area contributed by atoms with Gasteiger partial charge in [0.2, 0.25) is 5.91 Å². The van der Waals surface area contributed by atoms with Gasteiger partial charge in [-0.2, -0.15) is 0 Å². The van der Waals surface area contributed by atoms with Crippen LogP contribution in [-0.4, -0.2) is 24.4 Å². The molecule has 3 aromatic rings. The van der Waals surface area contributed by atoms with E-state index in [0.29, 0.717) is 11.3 Å². The number of nitrogens with zero attached hydrogens (tertiary/aromatic N) is 1. The molecule has 2 unspecified atom stereocenters. The van der Waals surface area contributed by atoms with Crippen molar-refractivity contribution in [3.8, 4) is 0 Å². The highest BCUT2D eigenvalue weighted by atomic mass is 16.2. The third-order valence-electron chi connectivity index (χ3n) is 7.25. The summed E-state index contributed by atoms with van der Waals surface area (Å²) in [5.74, 6) is 0.249. The van der Waals surface area contributed by atoms with E-state index in [1.807, 2.05) is 36.4 Å². The average Bonchev–Trinajstić information content (AvgIpc) is 3.80. The largest absolute Gasteiger partial charge is 0.366 e. The predicted octanol–water partition coefficient (Wildman–Crippen LogP) is 4.88. The van der Waals surface area contributed by atoms with Gasteiger partial charge in [0.15, 0.2) is 0 Å². The van der Waals surface area contributed by atoms with Gasteiger partial charge < -0.3 is 15.5 Å². The molecule has 172 valence electrons. The van der Waals surface area contributed by atoms with Crippen molar-refractivity contribution in [2.75, 3.05) is 16.8 Å². The Kier molecular flexibility index (Phi) is 5.33. The van der Waals surface area contributed by atoms with E-state index in [1.165, 1.54) is 16.7 Å². The monoisotopic (exact) mass is 451 g/mol. The normalized spacial score (nSPS) is 20.9. The molecule has 34 heavy (non-hydrogen) atoms. The molecule has 0 spiro atoms. The summed E-state index contributed by atoms with van der Waals surface area (Å²) >= 11 is 0. The minimum Gasteiger partial charge on any atom is -0.366 e. The summed E-state index contributed by atoms with van der Waals surface area (Å²) in [6, 6.07) is 24.8. The van der Waals surface area contributed by atoms with Gasteiger partial charge in [0.25, 0.3) is 5.91 Å². The molecule has 1 heterocycles. The van der Waals surface area contributed by atoms with Crippen LogP contribution in [0.25, 0.3) is 0 Å². The molecule has 0 aromatic heterocycles. The van der Waals surface area contributed by atoms with Gasteiger partial charge >= 0.3 is 0 Å². The maximum absolute atomic E-state index is 13.2. The first-order valence-electron chi connectivity index (χ1n) is 12.3. The maximum atomic E-state index is 13.2. The molecule has 5 nitrogen and oxygen atoms in total. The minimum absolute atomic E-state index is 0.00980. The van der Waals surface area contributed by atoms with E-state index < -0.39 is 0 Å². The van der Waals surface area contributed by atoms with Gasteiger partial charge in [-0.05, 0) is 66.5 Å². The molecule has 2 aliphatic carbocycles. The number of rotatable bonds is 6. The molecule has 1 aliphatic heterocycles. The first kappa shape index (κ1) is 21.0. The molecule has 0 bridgehead atoms. The summed E-state index contributed by atoms with van der Waals surface area (Å²) in [6.45, 7) is 1.65. The lowest BCUT2D eigenvalue weighted by molar-refractivity contribution is -0.117. The van der Waals surface area contributed by atoms with Crippen molar-refractivity contribution in [1.29, 1.82) is 0 Å². The Morgan fingerprint density at radius 2 is 1.65 bits per heavy atom. The van der Waals surface area contributed by atoms with E-state index in [4.69, 9.17) is 0 Å². The Bertz CT molecular complexity index is 1240. The second kappa shape index (κ2) is 8.64. The summed E-state index contributed by atoms with van der Waals surface area (Å²) in [5, 5.41) is 6.21. The predicted molar refractivity (Wildman–Crippen MR) is 134 cm³/mol. The van der Waals surface area contributed by atoms with Gasteiger partial charge in [-0.1, -0.05) is 54.6 Å². The number of hydrogen-bond acceptors (Lipinski definition) is 3. The summed E-state index contributed by atoms with van der Waals surface area (Å²) in [7, 11) is 0. The van der Waals surface area contributed by atoms with Crippen LogP contribution in [0, 0.1) is 5.92 Å². The lowest BCUT2D eigenvalue weighted by Gasteiger charge is -2.32. The van der Waals surface area contributed by atoms with Gasteiger partial charge in [-0.3, -0.25) is 9.59 Å². The molecule has 2 saturated carbocycles. The van der Waals surface area contributed by atoms with Crippen molar-refractivity contribution in [3.63, 3.8) is 0 Å². The van der Waals surface area contributed by atoms with Crippen molar-refractivity contribution < 1.29 is 9.59 Å². The molecule has 5 heteroatoms. The molecular weight excluding hydrogens is 422 g/mol. The minimum atomic E-state index is -0.0546. The van der Waals surface area contributed by atoms with Crippen molar-refractivity contribution in [3.05, 3.63) is 95.1 Å². The maximum Gasteiger partial charge on any atom is 0.253 e. The van der Waals surface area contributed by atoms with Crippen molar-refractivity contribution in [2.24, 2.45) is 5.92 Å². The number of nitrogens with one attached hydrogen (secondary N) is 2. The molecule has 0 radical (unpaired) electrons. The Hall–Kier alpha value is -3.60. The van der Waals surface area contributed by atoms with E-state index >= 15 is 0 Å². The van der Waals surface area contributed by atoms with Crippen LogP contribution >= 0.6 is 0 Å². The molecule has 2 amide bonds. The second-order valence-corrected chi connectivity index (χ2v) is 9.77. The highest BCUT2D eigenvalue weighted by Gasteiger charge is 2.43. The first-order chi connectivity index (χ1) is 16.7. The van der Waals surface area contributed by atoms with Crippen LogP contribution < -0.4 is 15.5 Å². The zero-order valence-corrected chi connectivity index (χ0v) is 19.2. The Labute approximate surface area is 200 Å². The van der Waals surface area contributed by atoms with E-state index in [0.717, 1.165) is 44.5 Å². The van der Waals surface area contributed by atoms with E-state index in [-0.39, 0.29) is 29.7 Å². The number of carbonyl (C=O) groups excluding carboxylic acids is 2. The van der Waals surface area contributed by atoms with Crippen molar-refractivity contribution >= 4 is 23.2 Å². The number of fused-ring (bicyclic) bond motifs is 1. The molecule has 3 aromatic carbocycles. The van der Waals surface area contributed by atoms with Crippen LogP contribution in [-0.2, 0) is 17.8 Å². The lowest BCUT2D eigenvalue weighted by Crippen LogP contribution is -2.33. The Morgan fingerprint density at radius 3 is 2.44 bits per heavy atom. The lowest BCUT2D eigenvalue weighted by atomic mass is 9.98. The Morgan fingerprint density at radius 1 is 0.882 bits per heavy atom. The standard InChI is InChI=1S/C29H29N3O2/c33-28(25-17-24(25)20-7-2-1-3-8-20)31-23-12-13-27(26(16-23)29(34)30-22-10-11-22)32-15-14-19-6-4-5-9-21(19)18-32/h1-9,12-13,16,22,24-25H,10-11,14-15,17-18H2,(H,30,34)(H,31,33). The smallest absolute Gasteiger partial charge is 0.253 e. The van der Waals surface area contributed by atoms with E-state index in [1.54, 1.807) is 0 Å². The molecule has 2 N–H and O–H groups in total. The number of amides is 2. The van der Waals surface area contributed by atoms with Gasteiger partial charge in [-0.25, -0.2) is 0 Å². The topological polar surface area (TPSA) is 61.4 Å². The van der Waals surface area contributed by atoms with Crippen LogP contribution in [0.2, 0.25) is 0 Å². The van der Waals surface area contributed by atoms with Crippen molar-refractivity contribution in [1.82, 2.24) is 5.32 Å². The molecule has 3 aliphatic rings. The average molecular weight is 452 g/mol.